The van der Waals surface area contributed by atoms with Crippen LogP contribution in [0.1, 0.15) is 61.1 Å². The van der Waals surface area contributed by atoms with Gasteiger partial charge in [0.15, 0.2) is 23.0 Å². The van der Waals surface area contributed by atoms with Crippen molar-refractivity contribution < 1.29 is 13.9 Å². The van der Waals surface area contributed by atoms with Crippen LogP contribution < -0.4 is 15.4 Å². The first-order chi connectivity index (χ1) is 19.4. The summed E-state index contributed by atoms with van der Waals surface area (Å²) in [5.41, 5.74) is 6.60. The molecule has 0 aliphatic rings. The van der Waals surface area contributed by atoms with E-state index >= 15 is 0 Å². The second kappa shape index (κ2) is 13.8. The van der Waals surface area contributed by atoms with Gasteiger partial charge in [-0.2, -0.15) is 0 Å². The molecule has 0 atom stereocenters. The molecule has 0 bridgehead atoms. The van der Waals surface area contributed by atoms with E-state index in [-0.39, 0.29) is 11.5 Å². The number of fused-ring (bicyclic) bond motifs is 1. The fourth-order valence-electron chi connectivity index (χ4n) is 4.73. The Morgan fingerprint density at radius 3 is 2.70 bits per heavy atom. The third-order valence-corrected chi connectivity index (χ3v) is 6.97. The quantitative estimate of drug-likeness (QED) is 0.104. The highest BCUT2D eigenvalue weighted by molar-refractivity contribution is 6.06. The normalized spacial score (nSPS) is 11.7. The average Bonchev–Trinajstić information content (AvgIpc) is 3.40. The number of nitrogens with one attached hydrogen (secondary N) is 2. The topological polar surface area (TPSA) is 80.6 Å². The maximum Gasteiger partial charge on any atom is 0.186 e. The van der Waals surface area contributed by atoms with Crippen molar-refractivity contribution in [3.05, 3.63) is 89.3 Å². The Hall–Kier alpha value is -4.04. The summed E-state index contributed by atoms with van der Waals surface area (Å²) < 4.78 is 21.2. The minimum absolute atomic E-state index is 0.0498. The number of aromatic nitrogens is 3. The number of hydrogen-bond acceptors (Lipinski definition) is 6. The summed E-state index contributed by atoms with van der Waals surface area (Å²) in [6.07, 6.45) is 11.0. The molecule has 4 aromatic rings. The number of hydrogen-bond donors (Lipinski definition) is 2. The number of ether oxygens (including phenoxy) is 1. The molecule has 2 heterocycles. The highest BCUT2D eigenvalue weighted by atomic mass is 19.1. The zero-order valence-corrected chi connectivity index (χ0v) is 23.8. The molecule has 2 N–H and O–H groups in total. The standard InChI is InChI=1S/C32H38FN5O2/c1-5-13-34-14-7-8-23(6-2)18-30(39)26-11-10-25(17-22(26)3)36-20-28-32-37-21-29(38(32)16-15-35-28)24-9-12-31(40-4)27(33)19-24/h9-12,15-19,21,34,36H,5-8,13-14,20H2,1-4H3/b23-18-. The molecular formula is C32H38FN5O2. The lowest BCUT2D eigenvalue weighted by Crippen LogP contribution is -2.15. The number of imidazole rings is 1. The molecule has 0 unspecified atom stereocenters. The molecule has 0 amide bonds. The minimum Gasteiger partial charge on any atom is -0.494 e. The highest BCUT2D eigenvalue weighted by Crippen LogP contribution is 2.27. The number of carbonyl (C=O) groups is 1. The van der Waals surface area contributed by atoms with E-state index in [1.807, 2.05) is 41.8 Å². The van der Waals surface area contributed by atoms with Crippen LogP contribution in [0.3, 0.4) is 0 Å². The van der Waals surface area contributed by atoms with Gasteiger partial charge in [0.1, 0.15) is 5.69 Å². The smallest absolute Gasteiger partial charge is 0.186 e. The van der Waals surface area contributed by atoms with Gasteiger partial charge in [0.2, 0.25) is 0 Å². The van der Waals surface area contributed by atoms with Crippen molar-refractivity contribution in [3.8, 4) is 17.0 Å². The lowest BCUT2D eigenvalue weighted by molar-refractivity contribution is 0.104. The van der Waals surface area contributed by atoms with E-state index < -0.39 is 5.82 Å². The van der Waals surface area contributed by atoms with Crippen molar-refractivity contribution in [2.75, 3.05) is 25.5 Å². The van der Waals surface area contributed by atoms with Crippen LogP contribution in [-0.2, 0) is 6.54 Å². The summed E-state index contributed by atoms with van der Waals surface area (Å²) in [5.74, 6) is -0.178. The molecule has 4 rings (SSSR count). The van der Waals surface area contributed by atoms with Crippen LogP contribution in [0.15, 0.2) is 66.6 Å². The van der Waals surface area contributed by atoms with Gasteiger partial charge in [0, 0.05) is 29.2 Å². The van der Waals surface area contributed by atoms with Gasteiger partial charge in [-0.15, -0.1) is 0 Å². The van der Waals surface area contributed by atoms with Crippen LogP contribution in [-0.4, -0.2) is 40.4 Å². The van der Waals surface area contributed by atoms with Crippen LogP contribution in [0.2, 0.25) is 0 Å². The number of aryl methyl sites for hydroxylation is 1. The fraction of sp³-hybridized carbons (Fsp3) is 0.344. The maximum atomic E-state index is 14.3. The third kappa shape index (κ3) is 6.93. The molecule has 2 aromatic heterocycles. The first-order valence-electron chi connectivity index (χ1n) is 13.9. The van der Waals surface area contributed by atoms with Crippen LogP contribution in [0.25, 0.3) is 16.9 Å². The summed E-state index contributed by atoms with van der Waals surface area (Å²) >= 11 is 0. The van der Waals surface area contributed by atoms with Crippen molar-refractivity contribution in [3.63, 3.8) is 0 Å². The maximum absolute atomic E-state index is 14.3. The van der Waals surface area contributed by atoms with E-state index in [0.717, 1.165) is 61.4 Å². The van der Waals surface area contributed by atoms with Crippen molar-refractivity contribution in [1.29, 1.82) is 0 Å². The number of carbonyl (C=O) groups excluding carboxylic acids is 1. The SMILES string of the molecule is CCCNCCC/C(=C\C(=O)c1ccc(NCc2nccn3c(-c4ccc(OC)c(F)c4)cnc23)cc1C)CC. The molecule has 40 heavy (non-hydrogen) atoms. The number of allylic oxidation sites excluding steroid dienone is 2. The average molecular weight is 544 g/mol. The monoisotopic (exact) mass is 543 g/mol. The van der Waals surface area contributed by atoms with E-state index in [1.54, 1.807) is 24.5 Å². The van der Waals surface area contributed by atoms with Crippen molar-refractivity contribution in [2.45, 2.75) is 53.0 Å². The van der Waals surface area contributed by atoms with Crippen molar-refractivity contribution in [1.82, 2.24) is 19.7 Å². The number of ketones is 1. The van der Waals surface area contributed by atoms with Gasteiger partial charge in [0.05, 0.1) is 25.5 Å². The van der Waals surface area contributed by atoms with Gasteiger partial charge in [0.25, 0.3) is 0 Å². The second-order valence-electron chi connectivity index (χ2n) is 9.82. The molecule has 0 fully saturated rings. The summed E-state index contributed by atoms with van der Waals surface area (Å²) in [6.45, 7) is 8.67. The van der Waals surface area contributed by atoms with Crippen LogP contribution in [0.4, 0.5) is 10.1 Å². The predicted octanol–water partition coefficient (Wildman–Crippen LogP) is 6.76. The van der Waals surface area contributed by atoms with E-state index in [9.17, 15) is 9.18 Å². The number of nitrogens with zero attached hydrogens (tertiary/aromatic N) is 3. The zero-order valence-electron chi connectivity index (χ0n) is 23.8. The Kier molecular flexibility index (Phi) is 10.0. The van der Waals surface area contributed by atoms with E-state index in [2.05, 4.69) is 34.4 Å². The van der Waals surface area contributed by atoms with Gasteiger partial charge in [-0.05, 0) is 93.7 Å². The van der Waals surface area contributed by atoms with Gasteiger partial charge in [-0.3, -0.25) is 14.2 Å². The number of rotatable bonds is 14. The first-order valence-corrected chi connectivity index (χ1v) is 13.9. The second-order valence-corrected chi connectivity index (χ2v) is 9.82. The third-order valence-electron chi connectivity index (χ3n) is 6.97. The predicted molar refractivity (Wildman–Crippen MR) is 159 cm³/mol. The molecule has 0 radical (unpaired) electrons. The minimum atomic E-state index is -0.427. The molecule has 2 aromatic carbocycles. The Morgan fingerprint density at radius 1 is 1.12 bits per heavy atom. The Bertz CT molecular complexity index is 1490. The molecule has 210 valence electrons. The van der Waals surface area contributed by atoms with Gasteiger partial charge >= 0.3 is 0 Å². The van der Waals surface area contributed by atoms with Gasteiger partial charge < -0.3 is 15.4 Å². The molecule has 8 heteroatoms. The molecule has 7 nitrogen and oxygen atoms in total. The molecule has 0 spiro atoms. The number of anilines is 1. The molecular weight excluding hydrogens is 505 g/mol. The Balaban J connectivity index is 1.44. The fourth-order valence-corrected chi connectivity index (χ4v) is 4.73. The van der Waals surface area contributed by atoms with Crippen LogP contribution >= 0.6 is 0 Å². The van der Waals surface area contributed by atoms with Gasteiger partial charge in [-0.25, -0.2) is 9.37 Å². The summed E-state index contributed by atoms with van der Waals surface area (Å²) in [4.78, 5) is 22.1. The molecule has 0 aliphatic heterocycles. The van der Waals surface area contributed by atoms with Crippen LogP contribution in [0.5, 0.6) is 5.75 Å². The van der Waals surface area contributed by atoms with Crippen molar-refractivity contribution >= 4 is 17.1 Å². The van der Waals surface area contributed by atoms with E-state index in [0.29, 0.717) is 23.3 Å². The largest absolute Gasteiger partial charge is 0.494 e. The molecule has 0 saturated carbocycles. The molecule has 0 aliphatic carbocycles. The highest BCUT2D eigenvalue weighted by Gasteiger charge is 2.13. The van der Waals surface area contributed by atoms with Gasteiger partial charge in [-0.1, -0.05) is 19.4 Å². The zero-order chi connectivity index (χ0) is 28.5. The molecule has 0 saturated heterocycles. The lowest BCUT2D eigenvalue weighted by Gasteiger charge is -2.11. The Morgan fingerprint density at radius 2 is 1.98 bits per heavy atom. The van der Waals surface area contributed by atoms with Crippen molar-refractivity contribution in [2.24, 2.45) is 0 Å². The summed E-state index contributed by atoms with van der Waals surface area (Å²) in [7, 11) is 1.44. The van der Waals surface area contributed by atoms with Crippen LogP contribution in [0, 0.1) is 12.7 Å². The number of methoxy groups -OCH3 is 1. The summed E-state index contributed by atoms with van der Waals surface area (Å²) in [6, 6.07) is 10.6. The van der Waals surface area contributed by atoms with E-state index in [4.69, 9.17) is 4.74 Å². The summed E-state index contributed by atoms with van der Waals surface area (Å²) in [5, 5.41) is 6.82. The lowest BCUT2D eigenvalue weighted by atomic mass is 9.99. The van der Waals surface area contributed by atoms with E-state index in [1.165, 1.54) is 18.7 Å². The Labute approximate surface area is 235 Å². The number of halogens is 1. The first kappa shape index (κ1) is 29.0. The number of benzene rings is 2.